The number of benzene rings is 3. The average Bonchev–Trinajstić information content (AvgIpc) is 2.67. The molecule has 5 heteroatoms. The number of nitrogens with one attached hydrogen (secondary N) is 1. The Morgan fingerprint density at radius 2 is 1.69 bits per heavy atom. The summed E-state index contributed by atoms with van der Waals surface area (Å²) in [5.74, 6) is 1.08. The Balaban J connectivity index is 1.70. The molecule has 0 aromatic heterocycles. The normalized spacial score (nSPS) is 10.4. The van der Waals surface area contributed by atoms with Crippen LogP contribution >= 0.6 is 15.9 Å². The molecule has 0 amide bonds. The van der Waals surface area contributed by atoms with Crippen LogP contribution < -0.4 is 14.8 Å². The zero-order valence-corrected chi connectivity index (χ0v) is 15.9. The van der Waals surface area contributed by atoms with Gasteiger partial charge in [0.25, 0.3) is 0 Å². The van der Waals surface area contributed by atoms with Gasteiger partial charge in [0.2, 0.25) is 0 Å². The number of hydrogen-bond donors (Lipinski definition) is 1. The van der Waals surface area contributed by atoms with Crippen LogP contribution in [0.4, 0.5) is 10.1 Å². The Morgan fingerprint density at radius 1 is 0.962 bits per heavy atom. The van der Waals surface area contributed by atoms with E-state index < -0.39 is 0 Å². The minimum atomic E-state index is -0.250. The molecule has 0 saturated carbocycles. The lowest BCUT2D eigenvalue weighted by atomic mass is 10.2. The summed E-state index contributed by atoms with van der Waals surface area (Å²) in [4.78, 5) is 0. The molecule has 0 aliphatic rings. The fraction of sp³-hybridized carbons (Fsp3) is 0.143. The molecule has 0 radical (unpaired) electrons. The average molecular weight is 416 g/mol. The third-order valence-electron chi connectivity index (χ3n) is 3.86. The smallest absolute Gasteiger partial charge is 0.175 e. The van der Waals surface area contributed by atoms with Crippen molar-refractivity contribution >= 4 is 21.6 Å². The number of rotatable bonds is 7. The van der Waals surface area contributed by atoms with Gasteiger partial charge in [0.05, 0.1) is 11.6 Å². The third-order valence-corrected chi connectivity index (χ3v) is 4.45. The minimum absolute atomic E-state index is 0.250. The Kier molecular flexibility index (Phi) is 6.12. The van der Waals surface area contributed by atoms with Crippen molar-refractivity contribution in [2.75, 3.05) is 12.4 Å². The molecule has 134 valence electrons. The lowest BCUT2D eigenvalue weighted by Crippen LogP contribution is -2.02. The van der Waals surface area contributed by atoms with E-state index in [1.54, 1.807) is 19.2 Å². The van der Waals surface area contributed by atoms with Gasteiger partial charge in [-0.2, -0.15) is 0 Å². The van der Waals surface area contributed by atoms with Gasteiger partial charge in [-0.05, 0) is 63.5 Å². The highest BCUT2D eigenvalue weighted by atomic mass is 79.9. The van der Waals surface area contributed by atoms with Gasteiger partial charge in [0.15, 0.2) is 11.5 Å². The zero-order valence-electron chi connectivity index (χ0n) is 14.3. The highest BCUT2D eigenvalue weighted by Crippen LogP contribution is 2.37. The molecule has 0 unspecified atom stereocenters. The topological polar surface area (TPSA) is 30.5 Å². The van der Waals surface area contributed by atoms with Crippen LogP contribution in [0.3, 0.4) is 0 Å². The van der Waals surface area contributed by atoms with Gasteiger partial charge < -0.3 is 14.8 Å². The molecule has 0 saturated heterocycles. The van der Waals surface area contributed by atoms with Crippen molar-refractivity contribution in [1.82, 2.24) is 0 Å². The summed E-state index contributed by atoms with van der Waals surface area (Å²) in [6, 6.07) is 20.2. The number of anilines is 1. The highest BCUT2D eigenvalue weighted by molar-refractivity contribution is 9.10. The van der Waals surface area contributed by atoms with E-state index in [4.69, 9.17) is 9.47 Å². The Labute approximate surface area is 160 Å². The van der Waals surface area contributed by atoms with Crippen LogP contribution in [0, 0.1) is 5.82 Å². The molecule has 3 aromatic carbocycles. The predicted octanol–water partition coefficient (Wildman–Crippen LogP) is 5.79. The Bertz CT molecular complexity index is 854. The van der Waals surface area contributed by atoms with Crippen LogP contribution in [-0.4, -0.2) is 7.11 Å². The lowest BCUT2D eigenvalue weighted by molar-refractivity contribution is 0.282. The van der Waals surface area contributed by atoms with Crippen molar-refractivity contribution < 1.29 is 13.9 Å². The van der Waals surface area contributed by atoms with Crippen molar-refractivity contribution in [1.29, 1.82) is 0 Å². The van der Waals surface area contributed by atoms with E-state index in [0.717, 1.165) is 21.3 Å². The molecule has 0 aliphatic carbocycles. The van der Waals surface area contributed by atoms with Gasteiger partial charge >= 0.3 is 0 Å². The molecule has 0 spiro atoms. The fourth-order valence-electron chi connectivity index (χ4n) is 2.52. The molecular formula is C21H19BrFNO2. The van der Waals surface area contributed by atoms with Crippen LogP contribution in [-0.2, 0) is 13.2 Å². The zero-order chi connectivity index (χ0) is 18.4. The third kappa shape index (κ3) is 4.76. The van der Waals surface area contributed by atoms with Gasteiger partial charge in [-0.1, -0.05) is 30.3 Å². The van der Waals surface area contributed by atoms with E-state index in [-0.39, 0.29) is 5.82 Å². The summed E-state index contributed by atoms with van der Waals surface area (Å²) in [5.41, 5.74) is 2.96. The fourth-order valence-corrected chi connectivity index (χ4v) is 3.12. The first kappa shape index (κ1) is 18.3. The molecule has 26 heavy (non-hydrogen) atoms. The molecular weight excluding hydrogens is 397 g/mol. The second-order valence-corrected chi connectivity index (χ2v) is 6.60. The predicted molar refractivity (Wildman–Crippen MR) is 105 cm³/mol. The summed E-state index contributed by atoms with van der Waals surface area (Å²) in [5, 5.41) is 3.26. The molecule has 0 bridgehead atoms. The maximum atomic E-state index is 13.0. The van der Waals surface area contributed by atoms with Crippen molar-refractivity contribution in [3.63, 3.8) is 0 Å². The van der Waals surface area contributed by atoms with Gasteiger partial charge in [0, 0.05) is 12.2 Å². The summed E-state index contributed by atoms with van der Waals surface area (Å²) in [6.07, 6.45) is 0. The summed E-state index contributed by atoms with van der Waals surface area (Å²) < 4.78 is 25.2. The molecule has 0 aliphatic heterocycles. The molecule has 0 heterocycles. The summed E-state index contributed by atoms with van der Waals surface area (Å²) in [7, 11) is 1.62. The van der Waals surface area contributed by atoms with Crippen LogP contribution in [0.25, 0.3) is 0 Å². The number of halogens is 2. The number of ether oxygens (including phenoxy) is 2. The maximum Gasteiger partial charge on any atom is 0.175 e. The van der Waals surface area contributed by atoms with Gasteiger partial charge in [-0.25, -0.2) is 4.39 Å². The molecule has 3 nitrogen and oxygen atoms in total. The van der Waals surface area contributed by atoms with Crippen molar-refractivity contribution in [2.45, 2.75) is 13.2 Å². The quantitative estimate of drug-likeness (QED) is 0.529. The van der Waals surface area contributed by atoms with E-state index >= 15 is 0 Å². The second-order valence-electron chi connectivity index (χ2n) is 5.74. The highest BCUT2D eigenvalue weighted by Gasteiger charge is 2.12. The first-order valence-electron chi connectivity index (χ1n) is 8.18. The SMILES string of the molecule is COc1cc(CNc2ccc(F)cc2)cc(Br)c1OCc1ccccc1. The van der Waals surface area contributed by atoms with Crippen LogP contribution in [0.5, 0.6) is 11.5 Å². The van der Waals surface area contributed by atoms with Gasteiger partial charge in [0.1, 0.15) is 12.4 Å². The minimum Gasteiger partial charge on any atom is -0.493 e. The van der Waals surface area contributed by atoms with E-state index in [2.05, 4.69) is 21.2 Å². The van der Waals surface area contributed by atoms with Gasteiger partial charge in [-0.3, -0.25) is 0 Å². The molecule has 3 rings (SSSR count). The Morgan fingerprint density at radius 3 is 2.38 bits per heavy atom. The Hall–Kier alpha value is -2.53. The van der Waals surface area contributed by atoms with E-state index in [1.807, 2.05) is 42.5 Å². The van der Waals surface area contributed by atoms with E-state index in [9.17, 15) is 4.39 Å². The van der Waals surface area contributed by atoms with E-state index in [1.165, 1.54) is 12.1 Å². The van der Waals surface area contributed by atoms with Crippen LogP contribution in [0.1, 0.15) is 11.1 Å². The van der Waals surface area contributed by atoms with Crippen molar-refractivity contribution in [3.05, 3.63) is 88.1 Å². The second kappa shape index (κ2) is 8.72. The van der Waals surface area contributed by atoms with Crippen molar-refractivity contribution in [2.24, 2.45) is 0 Å². The monoisotopic (exact) mass is 415 g/mol. The lowest BCUT2D eigenvalue weighted by Gasteiger charge is -2.15. The van der Waals surface area contributed by atoms with Crippen molar-refractivity contribution in [3.8, 4) is 11.5 Å². The van der Waals surface area contributed by atoms with Crippen LogP contribution in [0.2, 0.25) is 0 Å². The van der Waals surface area contributed by atoms with Crippen LogP contribution in [0.15, 0.2) is 71.2 Å². The maximum absolute atomic E-state index is 13.0. The molecule has 3 aromatic rings. The first-order chi connectivity index (χ1) is 12.7. The molecule has 1 N–H and O–H groups in total. The number of hydrogen-bond acceptors (Lipinski definition) is 3. The number of methoxy groups -OCH3 is 1. The molecule has 0 fully saturated rings. The largest absolute Gasteiger partial charge is 0.493 e. The van der Waals surface area contributed by atoms with E-state index in [0.29, 0.717) is 24.7 Å². The van der Waals surface area contributed by atoms with Gasteiger partial charge in [-0.15, -0.1) is 0 Å². The summed E-state index contributed by atoms with van der Waals surface area (Å²) >= 11 is 3.57. The summed E-state index contributed by atoms with van der Waals surface area (Å²) in [6.45, 7) is 1.04. The standard InChI is InChI=1S/C21H19BrFNO2/c1-25-20-12-16(13-24-18-9-7-17(23)8-10-18)11-19(22)21(20)26-14-15-5-3-2-4-6-15/h2-12,24H,13-14H2,1H3. The first-order valence-corrected chi connectivity index (χ1v) is 8.97. The molecule has 0 atom stereocenters.